The average Bonchev–Trinajstić information content (AvgIpc) is 2.23. The van der Waals surface area contributed by atoms with Gasteiger partial charge in [0.25, 0.3) is 0 Å². The molecule has 0 aromatic rings. The summed E-state index contributed by atoms with van der Waals surface area (Å²) in [7, 11) is -1.54. The minimum Gasteiger partial charge on any atom is -0.459 e. The second-order valence-electron chi connectivity index (χ2n) is 7.29. The Kier molecular flexibility index (Phi) is 5.63. The summed E-state index contributed by atoms with van der Waals surface area (Å²) < 4.78 is 5.59. The monoisotopic (exact) mass is 274 g/mol. The fraction of sp³-hybridized carbons (Fsp3) is 0.929. The number of ether oxygens (including phenoxy) is 1. The zero-order chi connectivity index (χ0) is 14.8. The van der Waals surface area contributed by atoms with Gasteiger partial charge < -0.3 is 9.84 Å². The van der Waals surface area contributed by atoms with Crippen LogP contribution >= 0.6 is 0 Å². The van der Waals surface area contributed by atoms with Gasteiger partial charge in [-0.1, -0.05) is 40.4 Å². The largest absolute Gasteiger partial charge is 0.459 e. The van der Waals surface area contributed by atoms with E-state index in [-0.39, 0.29) is 17.6 Å². The lowest BCUT2D eigenvalue weighted by atomic mass is 9.90. The van der Waals surface area contributed by atoms with Crippen molar-refractivity contribution < 1.29 is 14.6 Å². The Balaban J connectivity index is 4.99. The Morgan fingerprint density at radius 3 is 1.94 bits per heavy atom. The molecule has 1 atom stereocenters. The first-order chi connectivity index (χ1) is 7.90. The maximum absolute atomic E-state index is 12.1. The molecule has 0 aliphatic heterocycles. The van der Waals surface area contributed by atoms with Crippen molar-refractivity contribution in [2.45, 2.75) is 71.8 Å². The van der Waals surface area contributed by atoms with E-state index in [4.69, 9.17) is 4.74 Å². The molecule has 0 aliphatic rings. The van der Waals surface area contributed by atoms with E-state index in [1.54, 1.807) is 0 Å². The van der Waals surface area contributed by atoms with Gasteiger partial charge in [-0.3, -0.25) is 4.79 Å². The zero-order valence-electron chi connectivity index (χ0n) is 13.3. The van der Waals surface area contributed by atoms with Crippen LogP contribution in [0.25, 0.3) is 0 Å². The molecule has 0 saturated carbocycles. The predicted molar refractivity (Wildman–Crippen MR) is 78.4 cm³/mol. The van der Waals surface area contributed by atoms with Gasteiger partial charge in [0.2, 0.25) is 0 Å². The van der Waals surface area contributed by atoms with Gasteiger partial charge in [0.15, 0.2) is 0 Å². The van der Waals surface area contributed by atoms with E-state index < -0.39 is 19.6 Å². The van der Waals surface area contributed by atoms with Crippen LogP contribution in [-0.2, 0) is 9.53 Å². The minimum atomic E-state index is -1.54. The van der Waals surface area contributed by atoms with Crippen molar-refractivity contribution >= 4 is 14.0 Å². The van der Waals surface area contributed by atoms with E-state index in [0.717, 1.165) is 6.42 Å². The lowest BCUT2D eigenvalue weighted by Gasteiger charge is -2.43. The smallest absolute Gasteiger partial charge is 0.311 e. The quantitative estimate of drug-likeness (QED) is 0.596. The van der Waals surface area contributed by atoms with Gasteiger partial charge in [-0.25, -0.2) is 0 Å². The van der Waals surface area contributed by atoms with E-state index in [1.807, 2.05) is 20.8 Å². The predicted octanol–water partition coefficient (Wildman–Crippen LogP) is 3.45. The molecular formula is C14H30O3Si. The molecule has 0 bridgehead atoms. The van der Waals surface area contributed by atoms with Crippen LogP contribution in [0.3, 0.4) is 0 Å². The number of rotatable bonds is 6. The van der Waals surface area contributed by atoms with Gasteiger partial charge in [-0.05, 0) is 25.3 Å². The number of aliphatic hydroxyl groups is 1. The van der Waals surface area contributed by atoms with Gasteiger partial charge in [0.05, 0.1) is 20.1 Å². The van der Waals surface area contributed by atoms with E-state index in [0.29, 0.717) is 0 Å². The third-order valence-electron chi connectivity index (χ3n) is 4.59. The lowest BCUT2D eigenvalue weighted by molar-refractivity contribution is -0.164. The van der Waals surface area contributed by atoms with Crippen molar-refractivity contribution in [2.75, 3.05) is 6.61 Å². The first-order valence-corrected chi connectivity index (χ1v) is 10.2. The van der Waals surface area contributed by atoms with Crippen molar-refractivity contribution in [3.05, 3.63) is 0 Å². The van der Waals surface area contributed by atoms with Crippen LogP contribution in [-0.4, -0.2) is 31.9 Å². The SMILES string of the molecule is CCC(C)(C)C(=O)OC(CO)C(C)(C)[Si](C)(C)C. The summed E-state index contributed by atoms with van der Waals surface area (Å²) in [5, 5.41) is 9.41. The van der Waals surface area contributed by atoms with Gasteiger partial charge in [-0.2, -0.15) is 0 Å². The third-order valence-corrected chi connectivity index (χ3v) is 8.78. The Bertz CT molecular complexity index is 290. The van der Waals surface area contributed by atoms with Crippen LogP contribution in [0.1, 0.15) is 41.0 Å². The molecule has 0 rings (SSSR count). The highest BCUT2D eigenvalue weighted by molar-refractivity contribution is 6.79. The van der Waals surface area contributed by atoms with Crippen molar-refractivity contribution in [1.29, 1.82) is 0 Å². The van der Waals surface area contributed by atoms with Crippen LogP contribution in [0.2, 0.25) is 24.7 Å². The number of hydrogen-bond acceptors (Lipinski definition) is 3. The van der Waals surface area contributed by atoms with Crippen LogP contribution in [0, 0.1) is 5.41 Å². The first-order valence-electron chi connectivity index (χ1n) is 6.72. The normalized spacial score (nSPS) is 15.4. The molecule has 3 nitrogen and oxygen atoms in total. The molecule has 0 aliphatic carbocycles. The molecular weight excluding hydrogens is 244 g/mol. The fourth-order valence-electron chi connectivity index (χ4n) is 1.33. The summed E-state index contributed by atoms with van der Waals surface area (Å²) in [5.74, 6) is -0.213. The number of aliphatic hydroxyl groups excluding tert-OH is 1. The fourth-order valence-corrected chi connectivity index (χ4v) is 2.44. The Morgan fingerprint density at radius 2 is 1.67 bits per heavy atom. The summed E-state index contributed by atoms with van der Waals surface area (Å²) >= 11 is 0. The molecule has 0 spiro atoms. The maximum Gasteiger partial charge on any atom is 0.311 e. The molecule has 0 aromatic carbocycles. The molecule has 4 heteroatoms. The number of esters is 1. The first kappa shape index (κ1) is 17.6. The van der Waals surface area contributed by atoms with Crippen molar-refractivity contribution in [2.24, 2.45) is 5.41 Å². The number of carbonyl (C=O) groups is 1. The highest BCUT2D eigenvalue weighted by Gasteiger charge is 2.44. The van der Waals surface area contributed by atoms with Crippen molar-refractivity contribution in [1.82, 2.24) is 0 Å². The zero-order valence-corrected chi connectivity index (χ0v) is 14.3. The molecule has 108 valence electrons. The molecule has 0 saturated heterocycles. The molecule has 0 aromatic heterocycles. The van der Waals surface area contributed by atoms with Crippen LogP contribution < -0.4 is 0 Å². The summed E-state index contributed by atoms with van der Waals surface area (Å²) in [6.45, 7) is 16.5. The second-order valence-corrected chi connectivity index (χ2v) is 13.1. The Hall–Kier alpha value is -0.353. The van der Waals surface area contributed by atoms with Gasteiger partial charge in [-0.15, -0.1) is 0 Å². The molecule has 1 N–H and O–H groups in total. The van der Waals surface area contributed by atoms with Crippen molar-refractivity contribution in [3.63, 3.8) is 0 Å². The highest BCUT2D eigenvalue weighted by atomic mass is 28.3. The van der Waals surface area contributed by atoms with Gasteiger partial charge >= 0.3 is 5.97 Å². The summed E-state index contributed by atoms with van der Waals surface area (Å²) in [6, 6.07) is 0. The van der Waals surface area contributed by atoms with E-state index in [1.165, 1.54) is 0 Å². The van der Waals surface area contributed by atoms with Crippen molar-refractivity contribution in [3.8, 4) is 0 Å². The highest BCUT2D eigenvalue weighted by Crippen LogP contribution is 2.42. The minimum absolute atomic E-state index is 0.108. The van der Waals surface area contributed by atoms with E-state index in [9.17, 15) is 9.90 Å². The van der Waals surface area contributed by atoms with E-state index >= 15 is 0 Å². The Morgan fingerprint density at radius 1 is 1.22 bits per heavy atom. The lowest BCUT2D eigenvalue weighted by Crippen LogP contribution is -2.48. The average molecular weight is 274 g/mol. The second kappa shape index (κ2) is 5.74. The molecule has 0 fully saturated rings. The molecule has 0 radical (unpaired) electrons. The van der Waals surface area contributed by atoms with Gasteiger partial charge in [0, 0.05) is 0 Å². The van der Waals surface area contributed by atoms with Crippen LogP contribution in [0.5, 0.6) is 0 Å². The van der Waals surface area contributed by atoms with E-state index in [2.05, 4.69) is 33.5 Å². The topological polar surface area (TPSA) is 46.5 Å². The Labute approximate surface area is 113 Å². The third kappa shape index (κ3) is 3.82. The molecule has 0 heterocycles. The standard InChI is InChI=1S/C14H30O3Si/c1-9-13(2,3)12(16)17-11(10-15)14(4,5)18(6,7)8/h11,15H,9-10H2,1-8H3. The van der Waals surface area contributed by atoms with Crippen LogP contribution in [0.15, 0.2) is 0 Å². The van der Waals surface area contributed by atoms with Crippen LogP contribution in [0.4, 0.5) is 0 Å². The summed E-state index contributed by atoms with van der Waals surface area (Å²) in [5.41, 5.74) is -0.483. The number of hydrogen-bond donors (Lipinski definition) is 1. The molecule has 0 amide bonds. The summed E-state index contributed by atoms with van der Waals surface area (Å²) in [6.07, 6.45) is 0.319. The number of carbonyl (C=O) groups excluding carboxylic acids is 1. The molecule has 18 heavy (non-hydrogen) atoms. The summed E-state index contributed by atoms with van der Waals surface area (Å²) in [4.78, 5) is 12.1. The van der Waals surface area contributed by atoms with Gasteiger partial charge in [0.1, 0.15) is 6.10 Å². The maximum atomic E-state index is 12.1. The molecule has 1 unspecified atom stereocenters.